The van der Waals surface area contributed by atoms with Crippen molar-refractivity contribution in [3.8, 4) is 0 Å². The first kappa shape index (κ1) is 57.0. The molecule has 0 saturated heterocycles. The van der Waals surface area contributed by atoms with E-state index in [1.54, 1.807) is 20.8 Å². The highest BCUT2D eigenvalue weighted by Gasteiger charge is 2.32. The maximum absolute atomic E-state index is 12.2. The molecule has 0 fully saturated rings. The van der Waals surface area contributed by atoms with Crippen molar-refractivity contribution in [1.82, 2.24) is 0 Å². The second kappa shape index (κ2) is 26.9. The number of hydrogen-bond acceptors (Lipinski definition) is 10. The zero-order valence-electron chi connectivity index (χ0n) is 37.8. The Hall–Kier alpha value is -6.08. The highest BCUT2D eigenvalue weighted by molar-refractivity contribution is 5.90. The van der Waals surface area contributed by atoms with Gasteiger partial charge in [-0.3, -0.25) is 0 Å². The molecular weight excluding hydrogens is 785 g/mol. The minimum absolute atomic E-state index is 0.0168. The van der Waals surface area contributed by atoms with Crippen LogP contribution in [-0.2, 0) is 43.0 Å². The number of carbonyl (C=O) groups excluding carboxylic acids is 3. The summed E-state index contributed by atoms with van der Waals surface area (Å²) in [6.45, 7) is 37.4. The summed E-state index contributed by atoms with van der Waals surface area (Å²) in [5.74, 6) is -4.77. The number of aliphatic carboxylic acids is 3. The van der Waals surface area contributed by atoms with Gasteiger partial charge >= 0.3 is 35.8 Å². The van der Waals surface area contributed by atoms with Gasteiger partial charge in [0.25, 0.3) is 0 Å². The highest BCUT2D eigenvalue weighted by atomic mass is 16.5. The molecule has 0 aromatic heterocycles. The van der Waals surface area contributed by atoms with E-state index in [0.717, 1.165) is 27.8 Å². The van der Waals surface area contributed by atoms with Gasteiger partial charge in [0, 0.05) is 44.4 Å². The van der Waals surface area contributed by atoms with Crippen molar-refractivity contribution < 1.29 is 63.4 Å². The number of esters is 3. The molecule has 1 aromatic rings. The molecule has 0 saturated carbocycles. The third-order valence-electron chi connectivity index (χ3n) is 8.10. The van der Waals surface area contributed by atoms with Gasteiger partial charge in [-0.2, -0.15) is 0 Å². The molecule has 0 aliphatic rings. The predicted octanol–water partition coefficient (Wildman–Crippen LogP) is 9.41. The Morgan fingerprint density at radius 3 is 1.38 bits per heavy atom. The first-order valence-electron chi connectivity index (χ1n) is 19.3. The van der Waals surface area contributed by atoms with Crippen molar-refractivity contribution in [3.05, 3.63) is 119 Å². The highest BCUT2D eigenvalue weighted by Crippen LogP contribution is 2.40. The molecule has 61 heavy (non-hydrogen) atoms. The molecule has 13 heteroatoms. The second-order valence-corrected chi connectivity index (χ2v) is 16.0. The normalized spacial score (nSPS) is 13.0. The summed E-state index contributed by atoms with van der Waals surface area (Å²) in [6.07, 6.45) is 5.10. The summed E-state index contributed by atoms with van der Waals surface area (Å²) in [5, 5.41) is 35.8. The van der Waals surface area contributed by atoms with Gasteiger partial charge in [0.2, 0.25) is 0 Å². The SMILES string of the molecule is C=C(C)C(=O)OCCCC(OC(=O)C(=C)C)c1cccc(C(=C)C)c1C(=C)C.C=C(C)C(=O)OCCO.CC(=CC(C=C(C)C(=O)O)(C=C(C)C(=O)O)CC(C)(C)C)C(=O)O. The summed E-state index contributed by atoms with van der Waals surface area (Å²) in [5.41, 5.74) is 4.15. The van der Waals surface area contributed by atoms with Crippen LogP contribution in [0.4, 0.5) is 0 Å². The Labute approximate surface area is 361 Å². The average molecular weight is 851 g/mol. The third kappa shape index (κ3) is 22.8. The lowest BCUT2D eigenvalue weighted by Crippen LogP contribution is -2.24. The molecule has 1 aromatic carbocycles. The van der Waals surface area contributed by atoms with E-state index in [4.69, 9.17) is 14.6 Å². The van der Waals surface area contributed by atoms with Gasteiger partial charge in [0.15, 0.2) is 0 Å². The van der Waals surface area contributed by atoms with E-state index in [1.165, 1.54) is 39.0 Å². The van der Waals surface area contributed by atoms with Gasteiger partial charge in [-0.25, -0.2) is 28.8 Å². The Kier molecular flexibility index (Phi) is 25.1. The van der Waals surface area contributed by atoms with E-state index in [1.807, 2.05) is 52.8 Å². The van der Waals surface area contributed by atoms with Gasteiger partial charge in [-0.1, -0.05) is 101 Å². The Balaban J connectivity index is 0. The van der Waals surface area contributed by atoms with Gasteiger partial charge < -0.3 is 34.6 Å². The maximum Gasteiger partial charge on any atom is 0.333 e. The van der Waals surface area contributed by atoms with E-state index >= 15 is 0 Å². The Morgan fingerprint density at radius 2 is 1.05 bits per heavy atom. The number of benzene rings is 1. The molecule has 0 aliphatic carbocycles. The summed E-state index contributed by atoms with van der Waals surface area (Å²) < 4.78 is 15.3. The molecule has 1 unspecified atom stereocenters. The van der Waals surface area contributed by atoms with Crippen LogP contribution in [0.25, 0.3) is 11.1 Å². The third-order valence-corrected chi connectivity index (χ3v) is 8.10. The lowest BCUT2D eigenvalue weighted by Gasteiger charge is -2.33. The summed E-state index contributed by atoms with van der Waals surface area (Å²) >= 11 is 0. The van der Waals surface area contributed by atoms with E-state index in [0.29, 0.717) is 36.0 Å². The first-order chi connectivity index (χ1) is 27.9. The van der Waals surface area contributed by atoms with Gasteiger partial charge in [0.05, 0.1) is 13.2 Å². The van der Waals surface area contributed by atoms with Crippen LogP contribution in [0.2, 0.25) is 0 Å². The topological polar surface area (TPSA) is 211 Å². The molecule has 0 radical (unpaired) electrons. The predicted molar refractivity (Wildman–Crippen MR) is 238 cm³/mol. The number of aliphatic hydroxyl groups excluding tert-OH is 1. The largest absolute Gasteiger partial charge is 0.478 e. The Morgan fingerprint density at radius 1 is 0.639 bits per heavy atom. The molecule has 1 rings (SSSR count). The van der Waals surface area contributed by atoms with E-state index < -0.39 is 47.3 Å². The minimum Gasteiger partial charge on any atom is -0.478 e. The maximum atomic E-state index is 12.2. The molecular formula is C48H66O13. The lowest BCUT2D eigenvalue weighted by atomic mass is 9.71. The zero-order valence-corrected chi connectivity index (χ0v) is 37.8. The van der Waals surface area contributed by atoms with Crippen LogP contribution in [0.3, 0.4) is 0 Å². The van der Waals surface area contributed by atoms with E-state index in [-0.39, 0.29) is 42.0 Å². The number of carboxylic acids is 3. The van der Waals surface area contributed by atoms with Crippen molar-refractivity contribution in [2.75, 3.05) is 19.8 Å². The minimum atomic E-state index is -1.14. The van der Waals surface area contributed by atoms with Crippen molar-refractivity contribution >= 4 is 47.0 Å². The molecule has 1 atom stereocenters. The molecule has 0 spiro atoms. The number of hydrogen-bond donors (Lipinski definition) is 4. The van der Waals surface area contributed by atoms with Crippen molar-refractivity contribution in [1.29, 1.82) is 0 Å². The Bertz CT molecular complexity index is 1850. The molecule has 0 heterocycles. The van der Waals surface area contributed by atoms with Gasteiger partial charge in [0.1, 0.15) is 12.7 Å². The van der Waals surface area contributed by atoms with Crippen LogP contribution in [-0.4, -0.2) is 76.1 Å². The van der Waals surface area contributed by atoms with E-state index in [2.05, 4.69) is 37.6 Å². The number of rotatable bonds is 20. The quantitative estimate of drug-likeness (QED) is 0.0417. The number of carboxylic acid groups (broad SMARTS) is 3. The number of aliphatic hydroxyl groups is 1. The van der Waals surface area contributed by atoms with Crippen molar-refractivity contribution in [2.45, 2.75) is 102 Å². The number of allylic oxidation sites excluding steroid dienone is 5. The smallest absolute Gasteiger partial charge is 0.333 e. The summed E-state index contributed by atoms with van der Waals surface area (Å²) in [6, 6.07) is 5.81. The molecule has 336 valence electrons. The number of ether oxygens (including phenoxy) is 3. The summed E-state index contributed by atoms with van der Waals surface area (Å²) in [4.78, 5) is 67.9. The molecule has 0 bridgehead atoms. The average Bonchev–Trinajstić information content (AvgIpc) is 3.13. The second-order valence-electron chi connectivity index (χ2n) is 16.0. The fourth-order valence-corrected chi connectivity index (χ4v) is 5.59. The van der Waals surface area contributed by atoms with Crippen molar-refractivity contribution in [3.63, 3.8) is 0 Å². The van der Waals surface area contributed by atoms with Crippen LogP contribution in [0.5, 0.6) is 0 Å². The van der Waals surface area contributed by atoms with Gasteiger partial charge in [-0.05, 0) is 91.2 Å². The van der Waals surface area contributed by atoms with Crippen LogP contribution in [0.1, 0.15) is 118 Å². The molecule has 13 nitrogen and oxygen atoms in total. The van der Waals surface area contributed by atoms with Gasteiger partial charge in [-0.15, -0.1) is 0 Å². The standard InChI is InChI=1S/C24H30O4.C18H26O6.C6H10O3/c1-15(2)19-11-9-12-20(22(19)16(3)4)21(28-24(26)18(7)8)13-10-14-27-23(25)17(5)6;1-11(14(19)20)7-18(10-17(4,5)6,8-12(2)15(21)22)9-13(3)16(23)24;1-5(2)6(8)9-4-3-7/h9,11-12,21H,1,3,5,7,10,13-14H2,2,4,6,8H3;7-9H,10H2,1-6H3,(H,19,20)(H,21,22)(H,23,24);7H,1,3-4H2,2H3. The fourth-order valence-electron chi connectivity index (χ4n) is 5.59. The monoisotopic (exact) mass is 850 g/mol. The van der Waals surface area contributed by atoms with E-state index in [9.17, 15) is 44.1 Å². The number of carbonyl (C=O) groups is 6. The van der Waals surface area contributed by atoms with Crippen molar-refractivity contribution in [2.24, 2.45) is 10.8 Å². The van der Waals surface area contributed by atoms with Crippen LogP contribution >= 0.6 is 0 Å². The lowest BCUT2D eigenvalue weighted by molar-refractivity contribution is -0.146. The zero-order chi connectivity index (χ0) is 48.0. The van der Waals surface area contributed by atoms with Crippen LogP contribution in [0, 0.1) is 10.8 Å². The molecule has 0 amide bonds. The summed E-state index contributed by atoms with van der Waals surface area (Å²) in [7, 11) is 0. The fraction of sp³-hybridized carbons (Fsp3) is 0.417. The van der Waals surface area contributed by atoms with Crippen LogP contribution < -0.4 is 0 Å². The first-order valence-corrected chi connectivity index (χ1v) is 19.3. The molecule has 4 N–H and O–H groups in total. The molecule has 0 aliphatic heterocycles. The van der Waals surface area contributed by atoms with Crippen LogP contribution in [0.15, 0.2) is 103 Å².